The molecule has 23 heavy (non-hydrogen) atoms. The first-order valence-corrected chi connectivity index (χ1v) is 7.46. The Kier molecular flexibility index (Phi) is 5.48. The second kappa shape index (κ2) is 7.55. The minimum absolute atomic E-state index is 0.183. The number of carbonyl (C=O) groups is 1. The number of thiocarbonyl (C=S) groups is 1. The molecular formula is C16H18N4O2S. The molecule has 0 saturated carbocycles. The number of alkyl carbamates (subject to hydrolysis) is 1. The number of carbonyl (C=O) groups excluding carboxylic acids is 1. The fourth-order valence-corrected chi connectivity index (χ4v) is 2.15. The summed E-state index contributed by atoms with van der Waals surface area (Å²) in [6.45, 7) is 1.99. The summed E-state index contributed by atoms with van der Waals surface area (Å²) in [6.07, 6.45) is 1.10. The molecule has 0 aliphatic rings. The fraction of sp³-hybridized carbons (Fsp3) is 0.188. The van der Waals surface area contributed by atoms with Gasteiger partial charge in [-0.25, -0.2) is 9.78 Å². The Bertz CT molecular complexity index is 706. The van der Waals surface area contributed by atoms with Crippen LogP contribution in [0.2, 0.25) is 0 Å². The van der Waals surface area contributed by atoms with E-state index in [9.17, 15) is 4.79 Å². The number of rotatable bonds is 3. The molecule has 0 fully saturated rings. The second-order valence-corrected chi connectivity index (χ2v) is 5.09. The number of anilines is 2. The van der Waals surface area contributed by atoms with Crippen LogP contribution in [0.3, 0.4) is 0 Å². The first-order chi connectivity index (χ1) is 11.0. The van der Waals surface area contributed by atoms with Crippen molar-refractivity contribution in [3.05, 3.63) is 42.6 Å². The van der Waals surface area contributed by atoms with Gasteiger partial charge in [-0.1, -0.05) is 30.3 Å². The van der Waals surface area contributed by atoms with Crippen molar-refractivity contribution in [2.45, 2.75) is 6.92 Å². The van der Waals surface area contributed by atoms with E-state index >= 15 is 0 Å². The maximum absolute atomic E-state index is 11.5. The van der Waals surface area contributed by atoms with Crippen LogP contribution in [0.5, 0.6) is 0 Å². The normalized spacial score (nSPS) is 10.0. The molecule has 6 nitrogen and oxygen atoms in total. The lowest BCUT2D eigenvalue weighted by molar-refractivity contribution is 0.158. The van der Waals surface area contributed by atoms with Crippen LogP contribution in [-0.2, 0) is 4.74 Å². The molecule has 0 aliphatic heterocycles. The van der Waals surface area contributed by atoms with Gasteiger partial charge in [0, 0.05) is 18.8 Å². The molecule has 3 N–H and O–H groups in total. The Hall–Kier alpha value is -2.67. The highest BCUT2D eigenvalue weighted by atomic mass is 32.1. The summed E-state index contributed by atoms with van der Waals surface area (Å²) in [4.78, 5) is 17.3. The summed E-state index contributed by atoms with van der Waals surface area (Å²) in [5, 5.41) is 2.66. The topological polar surface area (TPSA) is 80.5 Å². The van der Waals surface area contributed by atoms with Gasteiger partial charge in [-0.3, -0.25) is 5.32 Å². The molecule has 0 unspecified atom stereocenters. The van der Waals surface area contributed by atoms with E-state index < -0.39 is 6.09 Å². The number of hydrogen-bond acceptors (Lipinski definition) is 5. The average Bonchev–Trinajstić information content (AvgIpc) is 2.55. The molecule has 7 heteroatoms. The smallest absolute Gasteiger partial charge is 0.413 e. The van der Waals surface area contributed by atoms with Crippen LogP contribution in [0.25, 0.3) is 11.1 Å². The Balaban J connectivity index is 2.24. The van der Waals surface area contributed by atoms with Crippen molar-refractivity contribution in [1.82, 2.24) is 10.3 Å². The molecule has 0 bridgehead atoms. The van der Waals surface area contributed by atoms with E-state index in [1.807, 2.05) is 36.4 Å². The predicted molar refractivity (Wildman–Crippen MR) is 95.2 cm³/mol. The van der Waals surface area contributed by atoms with E-state index in [2.05, 4.69) is 10.3 Å². The molecule has 0 atom stereocenters. The van der Waals surface area contributed by atoms with Crippen molar-refractivity contribution in [3.63, 3.8) is 0 Å². The Morgan fingerprint density at radius 3 is 2.70 bits per heavy atom. The van der Waals surface area contributed by atoms with Gasteiger partial charge in [0.1, 0.15) is 5.82 Å². The largest absolute Gasteiger partial charge is 0.450 e. The van der Waals surface area contributed by atoms with Crippen molar-refractivity contribution < 1.29 is 9.53 Å². The molecule has 1 aromatic carbocycles. The number of hydrogen-bond donors (Lipinski definition) is 2. The molecule has 2 rings (SSSR count). The summed E-state index contributed by atoms with van der Waals surface area (Å²) in [6, 6.07) is 11.7. The summed E-state index contributed by atoms with van der Waals surface area (Å²) in [5.74, 6) is 0.320. The fourth-order valence-electron chi connectivity index (χ4n) is 1.97. The number of benzene rings is 1. The lowest BCUT2D eigenvalue weighted by Crippen LogP contribution is -2.41. The number of pyridine rings is 1. The number of nitrogens with one attached hydrogen (secondary N) is 1. The van der Waals surface area contributed by atoms with E-state index in [1.165, 1.54) is 0 Å². The lowest BCUT2D eigenvalue weighted by atomic mass is 10.1. The van der Waals surface area contributed by atoms with Crippen molar-refractivity contribution in [2.24, 2.45) is 0 Å². The molecular weight excluding hydrogens is 312 g/mol. The van der Waals surface area contributed by atoms with Gasteiger partial charge >= 0.3 is 6.09 Å². The number of nitrogens with zero attached hydrogens (tertiary/aromatic N) is 2. The Labute approximate surface area is 140 Å². The van der Waals surface area contributed by atoms with Crippen LogP contribution < -0.4 is 16.0 Å². The summed E-state index contributed by atoms with van der Waals surface area (Å²) in [5.41, 5.74) is 8.46. The van der Waals surface area contributed by atoms with Crippen LogP contribution in [0.4, 0.5) is 16.3 Å². The predicted octanol–water partition coefficient (Wildman–Crippen LogP) is 2.80. The number of amides is 1. The number of nitrogens with two attached hydrogens (primary N) is 1. The Morgan fingerprint density at radius 1 is 1.35 bits per heavy atom. The van der Waals surface area contributed by atoms with Crippen molar-refractivity contribution in [1.29, 1.82) is 0 Å². The molecule has 1 aromatic heterocycles. The van der Waals surface area contributed by atoms with Crippen molar-refractivity contribution >= 4 is 34.9 Å². The van der Waals surface area contributed by atoms with Crippen molar-refractivity contribution in [3.8, 4) is 11.1 Å². The summed E-state index contributed by atoms with van der Waals surface area (Å²) in [7, 11) is 1.71. The van der Waals surface area contributed by atoms with Crippen molar-refractivity contribution in [2.75, 3.05) is 24.3 Å². The molecule has 120 valence electrons. The maximum atomic E-state index is 11.5. The first kappa shape index (κ1) is 16.7. The zero-order chi connectivity index (χ0) is 16.8. The van der Waals surface area contributed by atoms with E-state index in [0.29, 0.717) is 11.5 Å². The van der Waals surface area contributed by atoms with Crippen LogP contribution in [0.15, 0.2) is 42.6 Å². The van der Waals surface area contributed by atoms with Crippen LogP contribution in [-0.4, -0.2) is 29.8 Å². The first-order valence-electron chi connectivity index (χ1n) is 7.05. The maximum Gasteiger partial charge on any atom is 0.413 e. The van der Waals surface area contributed by atoms with E-state index in [1.54, 1.807) is 25.1 Å². The van der Waals surface area contributed by atoms with Gasteiger partial charge in [0.05, 0.1) is 12.3 Å². The van der Waals surface area contributed by atoms with Gasteiger partial charge < -0.3 is 15.4 Å². The highest BCUT2D eigenvalue weighted by molar-refractivity contribution is 7.80. The molecule has 0 radical (unpaired) electrons. The minimum atomic E-state index is -0.602. The lowest BCUT2D eigenvalue weighted by Gasteiger charge is -2.22. The van der Waals surface area contributed by atoms with Gasteiger partial charge in [0.2, 0.25) is 0 Å². The van der Waals surface area contributed by atoms with Crippen LogP contribution in [0, 0.1) is 0 Å². The summed E-state index contributed by atoms with van der Waals surface area (Å²) < 4.78 is 4.81. The number of nitrogen functional groups attached to an aromatic ring is 1. The van der Waals surface area contributed by atoms with E-state index in [0.717, 1.165) is 11.1 Å². The molecule has 0 spiro atoms. The highest BCUT2D eigenvalue weighted by Gasteiger charge is 2.15. The van der Waals surface area contributed by atoms with E-state index in [-0.39, 0.29) is 11.7 Å². The number of aromatic nitrogens is 1. The monoisotopic (exact) mass is 330 g/mol. The van der Waals surface area contributed by atoms with Gasteiger partial charge in [0.15, 0.2) is 5.11 Å². The third-order valence-corrected chi connectivity index (χ3v) is 3.53. The number of ether oxygens (including phenoxy) is 1. The molecule has 2 aromatic rings. The Morgan fingerprint density at radius 2 is 2.04 bits per heavy atom. The van der Waals surface area contributed by atoms with Gasteiger partial charge in [0.25, 0.3) is 0 Å². The quantitative estimate of drug-likeness (QED) is 0.842. The molecule has 1 heterocycles. The minimum Gasteiger partial charge on any atom is -0.450 e. The van der Waals surface area contributed by atoms with Gasteiger partial charge in [-0.2, -0.15) is 0 Å². The molecule has 0 saturated heterocycles. The third-order valence-electron chi connectivity index (χ3n) is 3.15. The molecule has 0 aliphatic carbocycles. The van der Waals surface area contributed by atoms with Gasteiger partial charge in [-0.05, 0) is 30.8 Å². The van der Waals surface area contributed by atoms with Gasteiger partial charge in [-0.15, -0.1) is 0 Å². The second-order valence-electron chi connectivity index (χ2n) is 4.70. The SMILES string of the molecule is CCOC(=O)NC(=S)N(C)c1cc(-c2ccccc2)cnc1N. The summed E-state index contributed by atoms with van der Waals surface area (Å²) >= 11 is 5.20. The molecule has 1 amide bonds. The average molecular weight is 330 g/mol. The third kappa shape index (κ3) is 4.17. The standard InChI is InChI=1S/C16H18N4O2S/c1-3-22-16(21)19-15(23)20(2)13-9-12(10-18-14(13)17)11-7-5-4-6-8-11/h4-10H,3H2,1-2H3,(H2,17,18)(H,19,21,23). The zero-order valence-corrected chi connectivity index (χ0v) is 13.8. The zero-order valence-electron chi connectivity index (χ0n) is 12.9. The van der Waals surface area contributed by atoms with Crippen LogP contribution in [0.1, 0.15) is 6.92 Å². The van der Waals surface area contributed by atoms with Crippen LogP contribution >= 0.6 is 12.2 Å². The highest BCUT2D eigenvalue weighted by Crippen LogP contribution is 2.27. The van der Waals surface area contributed by atoms with E-state index in [4.69, 9.17) is 22.7 Å².